The number of ether oxygens (including phenoxy) is 6. The Morgan fingerprint density at radius 2 is 1.47 bits per heavy atom. The second-order valence-corrected chi connectivity index (χ2v) is 22.1. The lowest BCUT2D eigenvalue weighted by molar-refractivity contribution is -0.157. The molecule has 1 saturated heterocycles. The number of rotatable bonds is 24. The van der Waals surface area contributed by atoms with Crippen molar-refractivity contribution in [1.82, 2.24) is 13.8 Å². The molecule has 0 radical (unpaired) electrons. The molecule has 0 bridgehead atoms. The summed E-state index contributed by atoms with van der Waals surface area (Å²) in [4.78, 5) is 53.7. The van der Waals surface area contributed by atoms with Crippen LogP contribution in [-0.4, -0.2) is 105 Å². The summed E-state index contributed by atoms with van der Waals surface area (Å²) in [6.45, 7) is 15.0. The summed E-state index contributed by atoms with van der Waals surface area (Å²) in [7, 11) is -2.38. The smallest absolute Gasteiger partial charge is 0.335 e. The third-order valence-corrected chi connectivity index (χ3v) is 17.0. The molecule has 68 heavy (non-hydrogen) atoms. The number of carbonyl (C=O) groups is 2. The highest BCUT2D eigenvalue weighted by atomic mass is 31.2. The van der Waals surface area contributed by atoms with Crippen molar-refractivity contribution in [1.29, 1.82) is 5.26 Å². The van der Waals surface area contributed by atoms with Crippen molar-refractivity contribution < 1.29 is 51.5 Å². The van der Waals surface area contributed by atoms with Crippen LogP contribution in [0.15, 0.2) is 113 Å². The number of hydrogen-bond donors (Lipinski definition) is 0. The van der Waals surface area contributed by atoms with Gasteiger partial charge in [-0.25, -0.2) is 18.8 Å². The average Bonchev–Trinajstić information content (AvgIpc) is 3.66. The van der Waals surface area contributed by atoms with E-state index < -0.39 is 83.3 Å². The number of methoxy groups -OCH3 is 2. The van der Waals surface area contributed by atoms with Crippen LogP contribution in [0.1, 0.15) is 61.1 Å². The van der Waals surface area contributed by atoms with Crippen molar-refractivity contribution in [3.05, 3.63) is 125 Å². The summed E-state index contributed by atoms with van der Waals surface area (Å²) in [5, 5.41) is 12.1. The minimum Gasteiger partial charge on any atom is -0.497 e. The molecular weight excluding hydrogens is 912 g/mol. The maximum Gasteiger partial charge on any atom is 0.335 e. The fraction of sp³-hybridized carbons (Fsp3) is 0.449. The van der Waals surface area contributed by atoms with Gasteiger partial charge in [-0.05, 0) is 88.3 Å². The first-order valence-corrected chi connectivity index (χ1v) is 25.3. The lowest BCUT2D eigenvalue weighted by Crippen LogP contribution is -2.70. The van der Waals surface area contributed by atoms with Crippen molar-refractivity contribution in [2.75, 3.05) is 40.6 Å². The van der Waals surface area contributed by atoms with Crippen LogP contribution >= 0.6 is 8.53 Å². The molecule has 5 atom stereocenters. The molecule has 0 saturated carbocycles. The fourth-order valence-corrected chi connectivity index (χ4v) is 13.2. The first-order valence-electron chi connectivity index (χ1n) is 22.3. The SMILES string of the molecule is C=CCOC(=O)CO[C@@H]1[C@H](OP(OCCC#N)N(C(C)C)C(C)C)[C@@H](CO[Si](c2ccccc2)(c2ccc(OC)cc2)c2ccc(OC)cc2)O[C@H]1n1ccc(=O)n(COC(=O)C(C)(C)C)c1=O. The van der Waals surface area contributed by atoms with E-state index in [0.29, 0.717) is 11.5 Å². The minimum absolute atomic E-state index is 0.0341. The van der Waals surface area contributed by atoms with E-state index in [2.05, 4.69) is 12.6 Å². The van der Waals surface area contributed by atoms with E-state index >= 15 is 0 Å². The molecule has 0 spiro atoms. The van der Waals surface area contributed by atoms with Crippen LogP contribution in [0, 0.1) is 16.7 Å². The van der Waals surface area contributed by atoms with E-state index in [0.717, 1.165) is 30.8 Å². The number of benzene rings is 3. The number of nitrogens with zero attached hydrogens (tertiary/aromatic N) is 4. The first kappa shape index (κ1) is 53.5. The van der Waals surface area contributed by atoms with Gasteiger partial charge in [0.1, 0.15) is 43.0 Å². The third-order valence-electron chi connectivity index (χ3n) is 10.9. The number of esters is 2. The molecule has 1 unspecified atom stereocenters. The molecule has 366 valence electrons. The summed E-state index contributed by atoms with van der Waals surface area (Å²) in [5.74, 6) is -0.0794. The lowest BCUT2D eigenvalue weighted by atomic mass is 9.98. The van der Waals surface area contributed by atoms with E-state index in [1.807, 2.05) is 111 Å². The number of carbonyl (C=O) groups excluding carboxylic acids is 2. The van der Waals surface area contributed by atoms with Gasteiger partial charge < -0.3 is 41.9 Å². The van der Waals surface area contributed by atoms with Gasteiger partial charge in [0.2, 0.25) is 0 Å². The van der Waals surface area contributed by atoms with E-state index in [4.69, 9.17) is 41.9 Å². The molecule has 1 fully saturated rings. The molecule has 1 aliphatic rings. The molecule has 3 aromatic carbocycles. The maximum absolute atomic E-state index is 14.5. The fourth-order valence-electron chi connectivity index (χ4n) is 7.59. The molecule has 17 nitrogen and oxygen atoms in total. The van der Waals surface area contributed by atoms with Gasteiger partial charge in [-0.1, -0.05) is 67.3 Å². The molecule has 19 heteroatoms. The first-order chi connectivity index (χ1) is 32.5. The molecule has 4 aromatic rings. The van der Waals surface area contributed by atoms with Crippen molar-refractivity contribution >= 4 is 44.3 Å². The zero-order valence-electron chi connectivity index (χ0n) is 40.2. The summed E-state index contributed by atoms with van der Waals surface area (Å²) >= 11 is 0. The van der Waals surface area contributed by atoms with Gasteiger partial charge in [0.15, 0.2) is 13.0 Å². The third kappa shape index (κ3) is 13.0. The van der Waals surface area contributed by atoms with E-state index in [1.165, 1.54) is 12.3 Å². The molecule has 0 amide bonds. The van der Waals surface area contributed by atoms with Gasteiger partial charge in [0.05, 0.1) is 45.3 Å². The normalized spacial score (nSPS) is 17.8. The minimum atomic E-state index is -3.56. The molecular formula is C49H63N4O13PSi. The molecule has 1 aliphatic heterocycles. The van der Waals surface area contributed by atoms with Crippen molar-refractivity contribution in [2.45, 2.75) is 98.2 Å². The van der Waals surface area contributed by atoms with Gasteiger partial charge in [-0.2, -0.15) is 5.26 Å². The van der Waals surface area contributed by atoms with Crippen molar-refractivity contribution in [3.8, 4) is 17.6 Å². The Bertz CT molecular complexity index is 2380. The highest BCUT2D eigenvalue weighted by molar-refractivity contribution is 7.44. The number of nitriles is 1. The second-order valence-electron chi connectivity index (χ2n) is 17.3. The molecule has 2 heterocycles. The van der Waals surface area contributed by atoms with Gasteiger partial charge in [-0.3, -0.25) is 14.2 Å². The van der Waals surface area contributed by atoms with Crippen molar-refractivity contribution in [3.63, 3.8) is 0 Å². The quantitative estimate of drug-likeness (QED) is 0.0230. The maximum atomic E-state index is 14.5. The summed E-state index contributed by atoms with van der Waals surface area (Å²) in [6, 6.07) is 28.2. The Labute approximate surface area is 400 Å². The predicted molar refractivity (Wildman–Crippen MR) is 258 cm³/mol. The highest BCUT2D eigenvalue weighted by Gasteiger charge is 2.52. The van der Waals surface area contributed by atoms with Crippen LogP contribution in [0.2, 0.25) is 0 Å². The van der Waals surface area contributed by atoms with Gasteiger partial charge >= 0.3 is 17.6 Å². The van der Waals surface area contributed by atoms with Gasteiger partial charge in [0.25, 0.3) is 22.4 Å². The van der Waals surface area contributed by atoms with Crippen LogP contribution in [0.4, 0.5) is 0 Å². The number of aromatic nitrogens is 2. The van der Waals surface area contributed by atoms with Crippen molar-refractivity contribution in [2.24, 2.45) is 5.41 Å². The topological polar surface area (TPSA) is 188 Å². The Morgan fingerprint density at radius 3 is 2.00 bits per heavy atom. The lowest BCUT2D eigenvalue weighted by Gasteiger charge is -2.39. The summed E-state index contributed by atoms with van der Waals surface area (Å²) in [6.07, 6.45) is -2.14. The number of hydrogen-bond acceptors (Lipinski definition) is 15. The second kappa shape index (κ2) is 24.7. The molecule has 5 rings (SSSR count). The van der Waals surface area contributed by atoms with Crippen LogP contribution in [0.3, 0.4) is 0 Å². The van der Waals surface area contributed by atoms with E-state index in [-0.39, 0.29) is 38.3 Å². The zero-order chi connectivity index (χ0) is 49.6. The van der Waals surface area contributed by atoms with E-state index in [1.54, 1.807) is 35.0 Å². The largest absolute Gasteiger partial charge is 0.497 e. The Balaban J connectivity index is 1.73. The average molecular weight is 975 g/mol. The monoisotopic (exact) mass is 974 g/mol. The Morgan fingerprint density at radius 1 is 0.882 bits per heavy atom. The molecule has 0 aliphatic carbocycles. The zero-order valence-corrected chi connectivity index (χ0v) is 42.1. The molecule has 0 N–H and O–H groups in total. The van der Waals surface area contributed by atoms with Crippen LogP contribution in [-0.2, 0) is 48.7 Å². The van der Waals surface area contributed by atoms with E-state index in [9.17, 15) is 24.4 Å². The highest BCUT2D eigenvalue weighted by Crippen LogP contribution is 2.50. The van der Waals surface area contributed by atoms with Gasteiger partial charge in [0, 0.05) is 24.3 Å². The summed E-state index contributed by atoms with van der Waals surface area (Å²) < 4.78 is 60.1. The van der Waals surface area contributed by atoms with Gasteiger partial charge in [-0.15, -0.1) is 0 Å². The van der Waals surface area contributed by atoms with Crippen LogP contribution in [0.5, 0.6) is 11.5 Å². The summed E-state index contributed by atoms with van der Waals surface area (Å²) in [5.41, 5.74) is -2.55. The standard InChI is InChI=1S/C49H63N4O13PSi/c1-11-29-60-43(55)32-61-45-44(66-67(63-30-15-27-50)53(34(2)3)35(4)5)41(65-46(45)51-28-26-42(54)52(48(51)57)33-62-47(56)49(6,7)8)31-64-68(38-16-13-12-14-17-38,39-22-18-36(58-9)19-23-39)40-24-20-37(59-10)21-25-40/h11-14,16-26,28,34-35,41,44-46H,1,15,29-33H2,2-10H3/t41-,44-,45-,46-,67?/m1/s1. The Hall–Kier alpha value is -5.48. The Kier molecular flexibility index (Phi) is 19.4. The van der Waals surface area contributed by atoms with Crippen LogP contribution in [0.25, 0.3) is 0 Å². The molecule has 1 aromatic heterocycles. The predicted octanol–water partition coefficient (Wildman–Crippen LogP) is 4.93. The van der Waals surface area contributed by atoms with Crippen LogP contribution < -0.4 is 36.3 Å².